The lowest BCUT2D eigenvalue weighted by molar-refractivity contribution is 0.959. The molecule has 0 amide bonds. The number of pyridine rings is 2. The van der Waals surface area contributed by atoms with Crippen molar-refractivity contribution in [2.24, 2.45) is 7.05 Å². The molecule has 41 heavy (non-hydrogen) atoms. The molecule has 0 aliphatic carbocycles. The Labute approximate surface area is 237 Å². The van der Waals surface area contributed by atoms with Crippen molar-refractivity contribution in [3.05, 3.63) is 134 Å². The first kappa shape index (κ1) is 23.3. The Morgan fingerprint density at radius 2 is 1.39 bits per heavy atom. The fourth-order valence-corrected chi connectivity index (χ4v) is 6.00. The van der Waals surface area contributed by atoms with E-state index in [-0.39, 0.29) is 0 Å². The fraction of sp³-hybridized carbons (Fsp3) is 0.0278. The number of aromatic nitrogens is 5. The van der Waals surface area contributed by atoms with Crippen molar-refractivity contribution in [2.45, 2.75) is 0 Å². The van der Waals surface area contributed by atoms with Crippen LogP contribution in [0.25, 0.3) is 72.3 Å². The lowest BCUT2D eigenvalue weighted by Gasteiger charge is -2.13. The Bertz CT molecular complexity index is 2210. The quantitative estimate of drug-likeness (QED) is 0.231. The first-order valence-electron chi connectivity index (χ1n) is 13.7. The molecule has 0 radical (unpaired) electrons. The van der Waals surface area contributed by atoms with Crippen molar-refractivity contribution in [1.29, 1.82) is 0 Å². The Kier molecular flexibility index (Phi) is 5.28. The molecule has 0 atom stereocenters. The molecule has 5 heteroatoms. The monoisotopic (exact) mass is 527 g/mol. The maximum atomic E-state index is 5.07. The van der Waals surface area contributed by atoms with E-state index in [9.17, 15) is 0 Å². The van der Waals surface area contributed by atoms with Crippen LogP contribution in [-0.2, 0) is 7.05 Å². The third-order valence-corrected chi connectivity index (χ3v) is 7.87. The van der Waals surface area contributed by atoms with Crippen LogP contribution in [0, 0.1) is 0 Å². The van der Waals surface area contributed by atoms with Gasteiger partial charge in [0.25, 0.3) is 0 Å². The van der Waals surface area contributed by atoms with E-state index in [2.05, 4.69) is 123 Å². The van der Waals surface area contributed by atoms with Gasteiger partial charge in [-0.1, -0.05) is 48.5 Å². The lowest BCUT2D eigenvalue weighted by Crippen LogP contribution is -1.97. The lowest BCUT2D eigenvalue weighted by atomic mass is 9.97. The van der Waals surface area contributed by atoms with Crippen LogP contribution in [0.5, 0.6) is 0 Å². The fourth-order valence-electron chi connectivity index (χ4n) is 6.00. The van der Waals surface area contributed by atoms with E-state index >= 15 is 0 Å². The van der Waals surface area contributed by atoms with Gasteiger partial charge in [-0.25, -0.2) is 4.98 Å². The normalized spacial score (nSPS) is 11.5. The minimum Gasteiger partial charge on any atom is -0.327 e. The molecule has 8 rings (SSSR count). The van der Waals surface area contributed by atoms with Gasteiger partial charge in [0.15, 0.2) is 0 Å². The van der Waals surface area contributed by atoms with Gasteiger partial charge in [0.2, 0.25) is 0 Å². The molecule has 0 unspecified atom stereocenters. The van der Waals surface area contributed by atoms with Gasteiger partial charge in [-0.2, -0.15) is 0 Å². The summed E-state index contributed by atoms with van der Waals surface area (Å²) in [6.45, 7) is 0. The highest BCUT2D eigenvalue weighted by molar-refractivity contribution is 6.17. The Hall–Kier alpha value is -5.55. The van der Waals surface area contributed by atoms with E-state index in [0.29, 0.717) is 0 Å². The van der Waals surface area contributed by atoms with Gasteiger partial charge < -0.3 is 9.13 Å². The third kappa shape index (κ3) is 3.74. The van der Waals surface area contributed by atoms with Crippen molar-refractivity contribution in [1.82, 2.24) is 24.1 Å². The van der Waals surface area contributed by atoms with Gasteiger partial charge in [-0.05, 0) is 77.9 Å². The van der Waals surface area contributed by atoms with Crippen LogP contribution < -0.4 is 0 Å². The molecule has 0 aliphatic rings. The molecule has 5 nitrogen and oxygen atoms in total. The summed E-state index contributed by atoms with van der Waals surface area (Å²) in [7, 11) is 2.09. The zero-order valence-electron chi connectivity index (χ0n) is 22.4. The maximum absolute atomic E-state index is 5.07. The molecule has 194 valence electrons. The number of rotatable bonds is 4. The highest BCUT2D eigenvalue weighted by Crippen LogP contribution is 2.41. The number of fused-ring (bicyclic) bond motifs is 4. The zero-order valence-corrected chi connectivity index (χ0v) is 22.4. The second-order valence-electron chi connectivity index (χ2n) is 10.3. The minimum absolute atomic E-state index is 0.933. The van der Waals surface area contributed by atoms with Gasteiger partial charge in [0.05, 0.1) is 27.8 Å². The van der Waals surface area contributed by atoms with Gasteiger partial charge in [0.1, 0.15) is 5.82 Å². The molecule has 0 bridgehead atoms. The molecule has 0 aliphatic heterocycles. The number of para-hydroxylation sites is 3. The topological polar surface area (TPSA) is 48.5 Å². The van der Waals surface area contributed by atoms with Crippen molar-refractivity contribution < 1.29 is 0 Å². The van der Waals surface area contributed by atoms with Crippen molar-refractivity contribution >= 4 is 32.8 Å². The van der Waals surface area contributed by atoms with Gasteiger partial charge >= 0.3 is 0 Å². The number of hydrogen-bond acceptors (Lipinski definition) is 3. The Morgan fingerprint density at radius 1 is 0.585 bits per heavy atom. The van der Waals surface area contributed by atoms with Crippen LogP contribution in [0.15, 0.2) is 134 Å². The van der Waals surface area contributed by atoms with Crippen LogP contribution in [-0.4, -0.2) is 24.1 Å². The predicted octanol–water partition coefficient (Wildman–Crippen LogP) is 8.46. The summed E-state index contributed by atoms with van der Waals surface area (Å²) in [5.74, 6) is 0.933. The van der Waals surface area contributed by atoms with Gasteiger partial charge in [0, 0.05) is 53.2 Å². The smallest absolute Gasteiger partial charge is 0.140 e. The molecule has 0 saturated heterocycles. The van der Waals surface area contributed by atoms with Crippen LogP contribution in [0.2, 0.25) is 0 Å². The zero-order chi connectivity index (χ0) is 27.3. The summed E-state index contributed by atoms with van der Waals surface area (Å²) >= 11 is 0. The highest BCUT2D eigenvalue weighted by atomic mass is 15.1. The van der Waals surface area contributed by atoms with Crippen LogP contribution in [0.4, 0.5) is 0 Å². The molecular formula is C36H25N5. The second-order valence-corrected chi connectivity index (χ2v) is 10.3. The average Bonchev–Trinajstić information content (AvgIpc) is 3.56. The maximum Gasteiger partial charge on any atom is 0.140 e. The van der Waals surface area contributed by atoms with E-state index in [1.165, 1.54) is 10.8 Å². The number of imidazole rings is 1. The third-order valence-electron chi connectivity index (χ3n) is 7.87. The van der Waals surface area contributed by atoms with Crippen LogP contribution in [0.3, 0.4) is 0 Å². The first-order valence-corrected chi connectivity index (χ1v) is 13.7. The minimum atomic E-state index is 0.933. The number of benzene rings is 4. The Morgan fingerprint density at radius 3 is 2.22 bits per heavy atom. The van der Waals surface area contributed by atoms with Gasteiger partial charge in [-0.3, -0.25) is 9.97 Å². The van der Waals surface area contributed by atoms with E-state index < -0.39 is 0 Å². The van der Waals surface area contributed by atoms with Gasteiger partial charge in [-0.15, -0.1) is 0 Å². The molecule has 4 aromatic carbocycles. The summed E-state index contributed by atoms with van der Waals surface area (Å²) < 4.78 is 4.55. The van der Waals surface area contributed by atoms with E-state index in [4.69, 9.17) is 4.98 Å². The summed E-state index contributed by atoms with van der Waals surface area (Å²) in [6.07, 6.45) is 5.56. The Balaban J connectivity index is 1.48. The molecule has 0 N–H and O–H groups in total. The van der Waals surface area contributed by atoms with Crippen molar-refractivity contribution in [3.8, 4) is 39.5 Å². The van der Waals surface area contributed by atoms with Crippen molar-refractivity contribution in [3.63, 3.8) is 0 Å². The SMILES string of the molecule is Cn1c(-c2cc(-c3ccncc3)c3c4ccccc4n(-c4cccc(-c5ccccn5)c4)c3c2)nc2ccccc21. The first-order chi connectivity index (χ1) is 20.3. The second kappa shape index (κ2) is 9.28. The number of aryl methyl sites for hydroxylation is 1. The number of nitrogens with zero attached hydrogens (tertiary/aromatic N) is 5. The largest absolute Gasteiger partial charge is 0.327 e. The summed E-state index contributed by atoms with van der Waals surface area (Å²) in [5, 5.41) is 2.41. The molecular weight excluding hydrogens is 502 g/mol. The summed E-state index contributed by atoms with van der Waals surface area (Å²) in [5.41, 5.74) is 10.8. The summed E-state index contributed by atoms with van der Waals surface area (Å²) in [4.78, 5) is 14.0. The van der Waals surface area contributed by atoms with E-state index in [0.717, 1.165) is 61.5 Å². The van der Waals surface area contributed by atoms with Crippen molar-refractivity contribution in [2.75, 3.05) is 0 Å². The molecule has 0 fully saturated rings. The standard InChI is InChI=1S/C36H25N5/c1-40-33-15-5-3-13-31(33)39-36(40)26-22-29(24-16-19-37-20-17-24)35-28-11-2-4-14-32(28)41(34(35)23-26)27-10-8-9-25(21-27)30-12-6-7-18-38-30/h2-23H,1H3. The molecule has 4 aromatic heterocycles. The summed E-state index contributed by atoms with van der Waals surface area (Å²) in [6, 6.07) is 40.3. The molecule has 0 spiro atoms. The number of hydrogen-bond donors (Lipinski definition) is 0. The average molecular weight is 528 g/mol. The predicted molar refractivity (Wildman–Crippen MR) is 167 cm³/mol. The van der Waals surface area contributed by atoms with Crippen LogP contribution in [0.1, 0.15) is 0 Å². The molecule has 4 heterocycles. The van der Waals surface area contributed by atoms with Crippen LogP contribution >= 0.6 is 0 Å². The van der Waals surface area contributed by atoms with E-state index in [1.807, 2.05) is 36.8 Å². The highest BCUT2D eigenvalue weighted by Gasteiger charge is 2.20. The molecule has 8 aromatic rings. The molecule has 0 saturated carbocycles. The van der Waals surface area contributed by atoms with E-state index in [1.54, 1.807) is 0 Å².